The van der Waals surface area contributed by atoms with Crippen LogP contribution in [-0.4, -0.2) is 51.7 Å². The van der Waals surface area contributed by atoms with Crippen molar-refractivity contribution in [3.63, 3.8) is 0 Å². The zero-order chi connectivity index (χ0) is 16.4. The Hall–Kier alpha value is -2.21. The summed E-state index contributed by atoms with van der Waals surface area (Å²) in [5.41, 5.74) is 1.79. The number of fused-ring (bicyclic) bond motifs is 1. The maximum absolute atomic E-state index is 12.7. The molecule has 126 valence electrons. The van der Waals surface area contributed by atoms with Crippen LogP contribution < -0.4 is 0 Å². The SMILES string of the molecule is O=C(C1=CCOCC1)N1CCCC(Cc2nnc3ccccn23)C1. The molecule has 0 saturated carbocycles. The van der Waals surface area contributed by atoms with E-state index < -0.39 is 0 Å². The number of rotatable bonds is 3. The highest BCUT2D eigenvalue weighted by Gasteiger charge is 2.27. The molecular weight excluding hydrogens is 304 g/mol. The van der Waals surface area contributed by atoms with Crippen molar-refractivity contribution in [2.75, 3.05) is 26.3 Å². The maximum atomic E-state index is 12.7. The zero-order valence-corrected chi connectivity index (χ0v) is 13.7. The molecule has 0 radical (unpaired) electrons. The van der Waals surface area contributed by atoms with Crippen LogP contribution in [0.15, 0.2) is 36.0 Å². The second-order valence-corrected chi connectivity index (χ2v) is 6.56. The van der Waals surface area contributed by atoms with Crippen LogP contribution in [0.3, 0.4) is 0 Å². The fraction of sp³-hybridized carbons (Fsp3) is 0.500. The van der Waals surface area contributed by atoms with Gasteiger partial charge < -0.3 is 9.64 Å². The second-order valence-electron chi connectivity index (χ2n) is 6.56. The van der Waals surface area contributed by atoms with E-state index in [2.05, 4.69) is 10.2 Å². The van der Waals surface area contributed by atoms with E-state index in [9.17, 15) is 4.79 Å². The van der Waals surface area contributed by atoms with Crippen LogP contribution in [-0.2, 0) is 16.0 Å². The third kappa shape index (κ3) is 3.06. The monoisotopic (exact) mass is 326 g/mol. The largest absolute Gasteiger partial charge is 0.377 e. The molecule has 6 nitrogen and oxygen atoms in total. The number of likely N-dealkylation sites (tertiary alicyclic amines) is 1. The predicted molar refractivity (Wildman–Crippen MR) is 89.5 cm³/mol. The Bertz CT molecular complexity index is 767. The first kappa shape index (κ1) is 15.3. The Balaban J connectivity index is 1.45. The van der Waals surface area contributed by atoms with Crippen molar-refractivity contribution >= 4 is 11.6 Å². The van der Waals surface area contributed by atoms with E-state index in [1.807, 2.05) is 39.8 Å². The molecule has 0 N–H and O–H groups in total. The second kappa shape index (κ2) is 6.73. The zero-order valence-electron chi connectivity index (χ0n) is 13.7. The lowest BCUT2D eigenvalue weighted by atomic mass is 9.93. The number of carbonyl (C=O) groups excluding carboxylic acids is 1. The summed E-state index contributed by atoms with van der Waals surface area (Å²) in [4.78, 5) is 14.7. The Morgan fingerprint density at radius 1 is 1.33 bits per heavy atom. The smallest absolute Gasteiger partial charge is 0.249 e. The van der Waals surface area contributed by atoms with Gasteiger partial charge in [-0.25, -0.2) is 0 Å². The highest BCUT2D eigenvalue weighted by Crippen LogP contribution is 2.23. The van der Waals surface area contributed by atoms with Gasteiger partial charge in [0.15, 0.2) is 5.65 Å². The molecule has 1 atom stereocenters. The summed E-state index contributed by atoms with van der Waals surface area (Å²) in [6.45, 7) is 2.87. The van der Waals surface area contributed by atoms with E-state index in [-0.39, 0.29) is 5.91 Å². The first-order valence-corrected chi connectivity index (χ1v) is 8.66. The summed E-state index contributed by atoms with van der Waals surface area (Å²) in [6.07, 6.45) is 7.71. The Morgan fingerprint density at radius 2 is 2.29 bits per heavy atom. The van der Waals surface area contributed by atoms with Gasteiger partial charge in [0.1, 0.15) is 5.82 Å². The molecule has 2 aromatic heterocycles. The summed E-state index contributed by atoms with van der Waals surface area (Å²) < 4.78 is 7.35. The molecule has 24 heavy (non-hydrogen) atoms. The van der Waals surface area contributed by atoms with Crippen molar-refractivity contribution in [1.82, 2.24) is 19.5 Å². The molecular formula is C18H22N4O2. The standard InChI is InChI=1S/C18H22N4O2/c23-18(15-6-10-24-11-7-15)21-8-3-4-14(13-21)12-17-20-19-16-5-1-2-9-22(16)17/h1-2,5-6,9,14H,3-4,7-8,10-13H2. The van der Waals surface area contributed by atoms with E-state index in [1.54, 1.807) is 0 Å². The molecule has 2 aliphatic heterocycles. The van der Waals surface area contributed by atoms with Crippen molar-refractivity contribution in [2.45, 2.75) is 25.7 Å². The van der Waals surface area contributed by atoms with Crippen molar-refractivity contribution < 1.29 is 9.53 Å². The van der Waals surface area contributed by atoms with Crippen LogP contribution in [0.4, 0.5) is 0 Å². The molecule has 1 fully saturated rings. The molecule has 2 aliphatic rings. The van der Waals surface area contributed by atoms with Gasteiger partial charge in [-0.1, -0.05) is 12.1 Å². The van der Waals surface area contributed by atoms with Crippen molar-refractivity contribution in [3.05, 3.63) is 41.9 Å². The number of aromatic nitrogens is 3. The van der Waals surface area contributed by atoms with Crippen molar-refractivity contribution in [1.29, 1.82) is 0 Å². The molecule has 2 aromatic rings. The fourth-order valence-corrected chi connectivity index (χ4v) is 3.63. The molecule has 1 unspecified atom stereocenters. The first-order valence-electron chi connectivity index (χ1n) is 8.66. The third-order valence-electron chi connectivity index (χ3n) is 4.90. The number of hydrogen-bond acceptors (Lipinski definition) is 4. The van der Waals surface area contributed by atoms with Gasteiger partial charge in [0.05, 0.1) is 13.2 Å². The van der Waals surface area contributed by atoms with E-state index in [1.165, 1.54) is 0 Å². The molecule has 1 amide bonds. The minimum atomic E-state index is 0.189. The Morgan fingerprint density at radius 3 is 3.17 bits per heavy atom. The van der Waals surface area contributed by atoms with Crippen LogP contribution in [0.25, 0.3) is 5.65 Å². The van der Waals surface area contributed by atoms with Crippen LogP contribution >= 0.6 is 0 Å². The van der Waals surface area contributed by atoms with E-state index in [0.29, 0.717) is 19.1 Å². The van der Waals surface area contributed by atoms with Gasteiger partial charge in [-0.2, -0.15) is 0 Å². The average molecular weight is 326 g/mol. The number of nitrogens with zero attached hydrogens (tertiary/aromatic N) is 4. The molecule has 4 rings (SSSR count). The van der Waals surface area contributed by atoms with Gasteiger partial charge in [-0.15, -0.1) is 10.2 Å². The topological polar surface area (TPSA) is 59.7 Å². The van der Waals surface area contributed by atoms with Gasteiger partial charge in [-0.05, 0) is 30.9 Å². The third-order valence-corrected chi connectivity index (χ3v) is 4.90. The predicted octanol–water partition coefficient (Wildman–Crippen LogP) is 1.86. The lowest BCUT2D eigenvalue weighted by molar-refractivity contribution is -0.129. The van der Waals surface area contributed by atoms with Crippen molar-refractivity contribution in [3.8, 4) is 0 Å². The van der Waals surface area contributed by atoms with E-state index in [0.717, 1.165) is 55.8 Å². The summed E-state index contributed by atoms with van der Waals surface area (Å²) in [5.74, 6) is 1.61. The summed E-state index contributed by atoms with van der Waals surface area (Å²) in [5, 5.41) is 8.55. The van der Waals surface area contributed by atoms with Gasteiger partial charge in [0, 0.05) is 37.7 Å². The summed E-state index contributed by atoms with van der Waals surface area (Å²) >= 11 is 0. The molecule has 0 aliphatic carbocycles. The summed E-state index contributed by atoms with van der Waals surface area (Å²) in [6, 6.07) is 5.93. The van der Waals surface area contributed by atoms with Gasteiger partial charge >= 0.3 is 0 Å². The minimum Gasteiger partial charge on any atom is -0.377 e. The van der Waals surface area contributed by atoms with E-state index >= 15 is 0 Å². The number of pyridine rings is 1. The lowest BCUT2D eigenvalue weighted by Crippen LogP contribution is -2.41. The molecule has 6 heteroatoms. The summed E-state index contributed by atoms with van der Waals surface area (Å²) in [7, 11) is 0. The van der Waals surface area contributed by atoms with E-state index in [4.69, 9.17) is 4.74 Å². The highest BCUT2D eigenvalue weighted by molar-refractivity contribution is 5.93. The molecule has 0 spiro atoms. The van der Waals surface area contributed by atoms with Gasteiger partial charge in [-0.3, -0.25) is 9.20 Å². The molecule has 0 bridgehead atoms. The maximum Gasteiger partial charge on any atom is 0.249 e. The average Bonchev–Trinajstić information content (AvgIpc) is 3.05. The molecule has 0 aromatic carbocycles. The normalized spacial score (nSPS) is 21.8. The number of amides is 1. The Labute approximate surface area is 141 Å². The van der Waals surface area contributed by atoms with Crippen molar-refractivity contribution in [2.24, 2.45) is 5.92 Å². The first-order chi connectivity index (χ1) is 11.8. The van der Waals surface area contributed by atoms with Gasteiger partial charge in [0.25, 0.3) is 0 Å². The number of hydrogen-bond donors (Lipinski definition) is 0. The quantitative estimate of drug-likeness (QED) is 0.864. The van der Waals surface area contributed by atoms with Gasteiger partial charge in [0.2, 0.25) is 5.91 Å². The van der Waals surface area contributed by atoms with Crippen LogP contribution in [0, 0.1) is 5.92 Å². The molecule has 4 heterocycles. The van der Waals surface area contributed by atoms with Crippen LogP contribution in [0.1, 0.15) is 25.1 Å². The molecule has 1 saturated heterocycles. The van der Waals surface area contributed by atoms with Crippen LogP contribution in [0.5, 0.6) is 0 Å². The number of carbonyl (C=O) groups is 1. The lowest BCUT2D eigenvalue weighted by Gasteiger charge is -2.33. The minimum absolute atomic E-state index is 0.189. The number of piperidine rings is 1. The van der Waals surface area contributed by atoms with Crippen LogP contribution in [0.2, 0.25) is 0 Å². The number of ether oxygens (including phenoxy) is 1. The Kier molecular flexibility index (Phi) is 4.30. The fourth-order valence-electron chi connectivity index (χ4n) is 3.63. The highest BCUT2D eigenvalue weighted by atomic mass is 16.5.